The zero-order chi connectivity index (χ0) is 13.2. The molecule has 1 aromatic carbocycles. The van der Waals surface area contributed by atoms with Gasteiger partial charge in [0.1, 0.15) is 0 Å². The molecule has 0 aromatic heterocycles. The third-order valence-electron chi connectivity index (χ3n) is 2.55. The van der Waals surface area contributed by atoms with Crippen LogP contribution in [-0.2, 0) is 10.7 Å². The van der Waals surface area contributed by atoms with Gasteiger partial charge in [-0.25, -0.2) is 8.78 Å². The SMILES string of the molecule is Cc1cc(C(F)(F)CCC(=O)O)c(C)cc1Br. The number of hydrogen-bond acceptors (Lipinski definition) is 1. The Bertz CT molecular complexity index is 444. The lowest BCUT2D eigenvalue weighted by Crippen LogP contribution is -2.17. The first-order valence-electron chi connectivity index (χ1n) is 5.11. The topological polar surface area (TPSA) is 37.3 Å². The van der Waals surface area contributed by atoms with Crippen molar-refractivity contribution >= 4 is 21.9 Å². The highest BCUT2D eigenvalue weighted by Crippen LogP contribution is 2.37. The summed E-state index contributed by atoms with van der Waals surface area (Å²) in [4.78, 5) is 10.3. The summed E-state index contributed by atoms with van der Waals surface area (Å²) in [6, 6.07) is 3.03. The lowest BCUT2D eigenvalue weighted by atomic mass is 9.97. The van der Waals surface area contributed by atoms with Crippen LogP contribution in [-0.4, -0.2) is 11.1 Å². The zero-order valence-corrected chi connectivity index (χ0v) is 11.1. The third kappa shape index (κ3) is 3.49. The molecule has 0 bridgehead atoms. The Hall–Kier alpha value is -0.970. The number of aliphatic carboxylic acids is 1. The molecular formula is C12H13BrF2O2. The number of alkyl halides is 2. The van der Waals surface area contributed by atoms with Gasteiger partial charge in [-0.15, -0.1) is 0 Å². The number of halogens is 3. The number of carbonyl (C=O) groups is 1. The van der Waals surface area contributed by atoms with Crippen LogP contribution in [0.1, 0.15) is 29.5 Å². The molecule has 0 atom stereocenters. The molecule has 2 nitrogen and oxygen atoms in total. The van der Waals surface area contributed by atoms with Crippen LogP contribution in [0.5, 0.6) is 0 Å². The van der Waals surface area contributed by atoms with E-state index in [0.29, 0.717) is 11.1 Å². The fraction of sp³-hybridized carbons (Fsp3) is 0.417. The summed E-state index contributed by atoms with van der Waals surface area (Å²) >= 11 is 3.27. The molecule has 0 aliphatic carbocycles. The lowest BCUT2D eigenvalue weighted by molar-refractivity contribution is -0.139. The average Bonchev–Trinajstić information content (AvgIpc) is 2.20. The van der Waals surface area contributed by atoms with Crippen molar-refractivity contribution in [2.45, 2.75) is 32.6 Å². The average molecular weight is 307 g/mol. The number of benzene rings is 1. The molecule has 0 saturated heterocycles. The maximum atomic E-state index is 13.8. The van der Waals surface area contributed by atoms with Gasteiger partial charge < -0.3 is 5.11 Å². The van der Waals surface area contributed by atoms with E-state index < -0.39 is 24.7 Å². The highest BCUT2D eigenvalue weighted by molar-refractivity contribution is 9.10. The molecule has 1 N–H and O–H groups in total. The van der Waals surface area contributed by atoms with Gasteiger partial charge in [-0.3, -0.25) is 4.79 Å². The van der Waals surface area contributed by atoms with Gasteiger partial charge in [-0.1, -0.05) is 15.9 Å². The Morgan fingerprint density at radius 3 is 2.47 bits per heavy atom. The molecule has 0 saturated carbocycles. The Balaban J connectivity index is 3.05. The maximum Gasteiger partial charge on any atom is 0.303 e. The highest BCUT2D eigenvalue weighted by atomic mass is 79.9. The minimum absolute atomic E-state index is 0.0977. The summed E-state index contributed by atoms with van der Waals surface area (Å²) in [5.41, 5.74) is 1.07. The summed E-state index contributed by atoms with van der Waals surface area (Å²) in [6.45, 7) is 3.31. The Kier molecular flexibility index (Phi) is 4.25. The van der Waals surface area contributed by atoms with Gasteiger partial charge in [0, 0.05) is 16.5 Å². The van der Waals surface area contributed by atoms with Crippen molar-refractivity contribution in [2.75, 3.05) is 0 Å². The van der Waals surface area contributed by atoms with Crippen molar-refractivity contribution in [3.8, 4) is 0 Å². The number of aryl methyl sites for hydroxylation is 2. The van der Waals surface area contributed by atoms with E-state index in [0.717, 1.165) is 4.47 Å². The molecule has 0 radical (unpaired) electrons. The number of hydrogen-bond donors (Lipinski definition) is 1. The maximum absolute atomic E-state index is 13.8. The second kappa shape index (κ2) is 5.12. The first kappa shape index (κ1) is 14.1. The molecular weight excluding hydrogens is 294 g/mol. The molecule has 5 heteroatoms. The molecule has 0 heterocycles. The van der Waals surface area contributed by atoms with Gasteiger partial charge >= 0.3 is 5.97 Å². The molecule has 1 rings (SSSR count). The summed E-state index contributed by atoms with van der Waals surface area (Å²) < 4.78 is 28.4. The van der Waals surface area contributed by atoms with Crippen LogP contribution in [0.15, 0.2) is 16.6 Å². The molecule has 0 amide bonds. The minimum Gasteiger partial charge on any atom is -0.481 e. The van der Waals surface area contributed by atoms with E-state index in [2.05, 4.69) is 15.9 Å². The quantitative estimate of drug-likeness (QED) is 0.912. The van der Waals surface area contributed by atoms with Crippen molar-refractivity contribution in [1.82, 2.24) is 0 Å². The van der Waals surface area contributed by atoms with Crippen molar-refractivity contribution in [2.24, 2.45) is 0 Å². The Morgan fingerprint density at radius 1 is 1.35 bits per heavy atom. The van der Waals surface area contributed by atoms with Crippen LogP contribution < -0.4 is 0 Å². The van der Waals surface area contributed by atoms with E-state index in [1.807, 2.05) is 0 Å². The van der Waals surface area contributed by atoms with Gasteiger partial charge in [0.2, 0.25) is 0 Å². The van der Waals surface area contributed by atoms with Crippen molar-refractivity contribution < 1.29 is 18.7 Å². The summed E-state index contributed by atoms with van der Waals surface area (Å²) in [7, 11) is 0. The first-order valence-corrected chi connectivity index (χ1v) is 5.90. The molecule has 0 unspecified atom stereocenters. The lowest BCUT2D eigenvalue weighted by Gasteiger charge is -2.19. The van der Waals surface area contributed by atoms with Crippen LogP contribution in [0.3, 0.4) is 0 Å². The monoisotopic (exact) mass is 306 g/mol. The van der Waals surface area contributed by atoms with E-state index in [4.69, 9.17) is 5.11 Å². The van der Waals surface area contributed by atoms with Crippen LogP contribution in [0.25, 0.3) is 0 Å². The second-order valence-corrected chi connectivity index (χ2v) is 4.87. The van der Waals surface area contributed by atoms with E-state index in [9.17, 15) is 13.6 Å². The largest absolute Gasteiger partial charge is 0.481 e. The summed E-state index contributed by atoms with van der Waals surface area (Å²) in [6.07, 6.45) is -1.22. The van der Waals surface area contributed by atoms with Crippen LogP contribution >= 0.6 is 15.9 Å². The Labute approximate surface area is 107 Å². The minimum atomic E-state index is -3.10. The Morgan fingerprint density at radius 2 is 1.94 bits per heavy atom. The molecule has 0 aliphatic heterocycles. The molecule has 0 fully saturated rings. The van der Waals surface area contributed by atoms with Gasteiger partial charge in [-0.2, -0.15) is 0 Å². The molecule has 0 aliphatic rings. The first-order chi connectivity index (χ1) is 7.74. The van der Waals surface area contributed by atoms with Crippen molar-refractivity contribution in [3.05, 3.63) is 33.3 Å². The molecule has 94 valence electrons. The number of rotatable bonds is 4. The van der Waals surface area contributed by atoms with E-state index in [1.54, 1.807) is 19.9 Å². The number of carboxylic acid groups (broad SMARTS) is 1. The third-order valence-corrected chi connectivity index (χ3v) is 3.41. The standard InChI is InChI=1S/C12H13BrF2O2/c1-7-6-10(13)8(2)5-9(7)12(14,15)4-3-11(16)17/h5-6H,3-4H2,1-2H3,(H,16,17). The fourth-order valence-corrected chi connectivity index (χ4v) is 2.03. The highest BCUT2D eigenvalue weighted by Gasteiger charge is 2.33. The molecule has 0 spiro atoms. The van der Waals surface area contributed by atoms with Gasteiger partial charge in [-0.05, 0) is 37.1 Å². The van der Waals surface area contributed by atoms with E-state index in [1.165, 1.54) is 6.07 Å². The van der Waals surface area contributed by atoms with Crippen molar-refractivity contribution in [3.63, 3.8) is 0 Å². The fourth-order valence-electron chi connectivity index (χ4n) is 1.57. The van der Waals surface area contributed by atoms with Crippen molar-refractivity contribution in [1.29, 1.82) is 0 Å². The predicted molar refractivity (Wildman–Crippen MR) is 64.4 cm³/mol. The van der Waals surface area contributed by atoms with Crippen LogP contribution in [0.2, 0.25) is 0 Å². The molecule has 17 heavy (non-hydrogen) atoms. The van der Waals surface area contributed by atoms with Crippen LogP contribution in [0, 0.1) is 13.8 Å². The van der Waals surface area contributed by atoms with Gasteiger partial charge in [0.05, 0.1) is 6.42 Å². The zero-order valence-electron chi connectivity index (χ0n) is 9.56. The number of carboxylic acids is 1. The van der Waals surface area contributed by atoms with Crippen LogP contribution in [0.4, 0.5) is 8.78 Å². The summed E-state index contributed by atoms with van der Waals surface area (Å²) in [5, 5.41) is 8.45. The normalized spacial score (nSPS) is 11.6. The smallest absolute Gasteiger partial charge is 0.303 e. The second-order valence-electron chi connectivity index (χ2n) is 4.01. The van der Waals surface area contributed by atoms with E-state index in [-0.39, 0.29) is 5.56 Å². The predicted octanol–water partition coefficient (Wildman–Crippen LogP) is 4.02. The van der Waals surface area contributed by atoms with E-state index >= 15 is 0 Å². The summed E-state index contributed by atoms with van der Waals surface area (Å²) in [5.74, 6) is -4.32. The van der Waals surface area contributed by atoms with Gasteiger partial charge in [0.25, 0.3) is 5.92 Å². The molecule has 1 aromatic rings. The van der Waals surface area contributed by atoms with Gasteiger partial charge in [0.15, 0.2) is 0 Å².